The summed E-state index contributed by atoms with van der Waals surface area (Å²) in [5.41, 5.74) is 2.33. The lowest BCUT2D eigenvalue weighted by molar-refractivity contribution is 0.130. The summed E-state index contributed by atoms with van der Waals surface area (Å²) < 4.78 is 23.6. The molecule has 1 aromatic carbocycles. The molecule has 1 aromatic heterocycles. The van der Waals surface area contributed by atoms with Crippen molar-refractivity contribution in [3.05, 3.63) is 34.7 Å². The number of aliphatic imine (C=N–C) groups is 1. The molecule has 3 rings (SSSR count). The van der Waals surface area contributed by atoms with Gasteiger partial charge in [-0.15, -0.1) is 0 Å². The van der Waals surface area contributed by atoms with E-state index in [4.69, 9.17) is 21.0 Å². The molecule has 0 amide bonds. The molecule has 0 aliphatic carbocycles. The number of hydrogen-bond acceptors (Lipinski definition) is 8. The zero-order chi connectivity index (χ0) is 19.2. The van der Waals surface area contributed by atoms with Crippen LogP contribution in [0.2, 0.25) is 5.02 Å². The van der Waals surface area contributed by atoms with Crippen LogP contribution in [0.5, 0.6) is 5.88 Å². The molecule has 0 saturated carbocycles. The molecule has 2 heterocycles. The Balaban J connectivity index is 1.65. The number of halogens is 2. The second-order valence-corrected chi connectivity index (χ2v) is 6.49. The summed E-state index contributed by atoms with van der Waals surface area (Å²) in [4.78, 5) is 8.69. The molecule has 0 atom stereocenters. The number of piperazine rings is 1. The van der Waals surface area contributed by atoms with Gasteiger partial charge < -0.3 is 9.64 Å². The zero-order valence-corrected chi connectivity index (χ0v) is 15.5. The van der Waals surface area contributed by atoms with Gasteiger partial charge in [0, 0.05) is 32.7 Å². The van der Waals surface area contributed by atoms with E-state index in [0.29, 0.717) is 12.3 Å². The van der Waals surface area contributed by atoms with Gasteiger partial charge in [-0.05, 0) is 35.6 Å². The lowest BCUT2D eigenvalue weighted by atomic mass is 10.3. The quantitative estimate of drug-likeness (QED) is 0.429. The van der Waals surface area contributed by atoms with Crippen LogP contribution in [-0.2, 0) is 0 Å². The average molecular weight is 399 g/mol. The summed E-state index contributed by atoms with van der Waals surface area (Å²) in [7, 11) is 2.10. The van der Waals surface area contributed by atoms with Crippen LogP contribution in [0.1, 0.15) is 5.69 Å². The summed E-state index contributed by atoms with van der Waals surface area (Å²) in [6.45, 7) is 5.09. The van der Waals surface area contributed by atoms with Crippen molar-refractivity contribution in [2.75, 3.05) is 46.4 Å². The maximum Gasteiger partial charge on any atom is 0.287 e. The Morgan fingerprint density at radius 1 is 1.37 bits per heavy atom. The van der Waals surface area contributed by atoms with Crippen molar-refractivity contribution in [2.45, 2.75) is 0 Å². The highest BCUT2D eigenvalue weighted by molar-refractivity contribution is 6.31. The molecule has 2 N–H and O–H groups in total. The lowest BCUT2D eigenvalue weighted by Gasteiger charge is -2.31. The first kappa shape index (κ1) is 19.5. The first-order valence-electron chi connectivity index (χ1n) is 8.37. The predicted octanol–water partition coefficient (Wildman–Crippen LogP) is 1.55. The number of amidine groups is 1. The Kier molecular flexibility index (Phi) is 6.56. The summed E-state index contributed by atoms with van der Waals surface area (Å²) >= 11 is 5.74. The largest absolute Gasteiger partial charge is 0.472 e. The highest BCUT2D eigenvalue weighted by atomic mass is 35.5. The van der Waals surface area contributed by atoms with E-state index in [1.54, 1.807) is 0 Å². The monoisotopic (exact) mass is 398 g/mol. The summed E-state index contributed by atoms with van der Waals surface area (Å²) in [6, 6.07) is 3.89. The molecule has 27 heavy (non-hydrogen) atoms. The average Bonchev–Trinajstić information content (AvgIpc) is 3.12. The standard InChI is InChI=1S/C16H20ClFN6O3/c1-23-4-6-24(7-5-23)8-9-26-16-14(21-27-22-16)15(20-25)19-11-2-3-13(18)12(17)10-11/h2-3,10,25H,4-9H2,1H3,(H,19,20). The van der Waals surface area contributed by atoms with E-state index in [9.17, 15) is 9.60 Å². The topological polar surface area (TPSA) is 99.3 Å². The summed E-state index contributed by atoms with van der Waals surface area (Å²) in [5, 5.41) is 16.7. The van der Waals surface area contributed by atoms with E-state index in [1.807, 2.05) is 5.48 Å². The number of hydrogen-bond donors (Lipinski definition) is 2. The van der Waals surface area contributed by atoms with Crippen molar-refractivity contribution in [2.24, 2.45) is 4.99 Å². The van der Waals surface area contributed by atoms with Crippen LogP contribution in [-0.4, -0.2) is 77.5 Å². The van der Waals surface area contributed by atoms with Crippen molar-refractivity contribution < 1.29 is 19.0 Å². The van der Waals surface area contributed by atoms with Gasteiger partial charge in [-0.2, -0.15) is 0 Å². The molecule has 146 valence electrons. The fourth-order valence-corrected chi connectivity index (χ4v) is 2.75. The van der Waals surface area contributed by atoms with Gasteiger partial charge >= 0.3 is 0 Å². The van der Waals surface area contributed by atoms with Crippen LogP contribution < -0.4 is 10.2 Å². The lowest BCUT2D eigenvalue weighted by Crippen LogP contribution is -2.45. The summed E-state index contributed by atoms with van der Waals surface area (Å²) in [5.74, 6) is -0.531. The van der Waals surface area contributed by atoms with E-state index in [2.05, 4.69) is 32.2 Å². The van der Waals surface area contributed by atoms with Crippen LogP contribution in [0.3, 0.4) is 0 Å². The normalized spacial score (nSPS) is 16.5. The van der Waals surface area contributed by atoms with Crippen molar-refractivity contribution in [3.8, 4) is 5.88 Å². The third kappa shape index (κ3) is 5.13. The molecule has 1 fully saturated rings. The molecule has 0 bridgehead atoms. The van der Waals surface area contributed by atoms with E-state index in [1.165, 1.54) is 18.2 Å². The van der Waals surface area contributed by atoms with Crippen LogP contribution >= 0.6 is 11.6 Å². The number of nitrogens with one attached hydrogen (secondary N) is 1. The Morgan fingerprint density at radius 3 is 2.85 bits per heavy atom. The van der Waals surface area contributed by atoms with E-state index in [0.717, 1.165) is 32.7 Å². The van der Waals surface area contributed by atoms with Gasteiger partial charge in [-0.3, -0.25) is 15.6 Å². The van der Waals surface area contributed by atoms with Gasteiger partial charge in [0.05, 0.1) is 10.7 Å². The minimum Gasteiger partial charge on any atom is -0.472 e. The van der Waals surface area contributed by atoms with Gasteiger partial charge in [0.15, 0.2) is 5.84 Å². The van der Waals surface area contributed by atoms with Crippen LogP contribution in [0.15, 0.2) is 27.8 Å². The van der Waals surface area contributed by atoms with Gasteiger partial charge in [0.25, 0.3) is 5.88 Å². The predicted molar refractivity (Wildman–Crippen MR) is 96.3 cm³/mol. The Morgan fingerprint density at radius 2 is 2.15 bits per heavy atom. The molecule has 9 nitrogen and oxygen atoms in total. The number of rotatable bonds is 6. The van der Waals surface area contributed by atoms with Gasteiger partial charge in [0.1, 0.15) is 12.4 Å². The first-order valence-corrected chi connectivity index (χ1v) is 8.75. The molecule has 1 aliphatic heterocycles. The molecule has 2 aromatic rings. The van der Waals surface area contributed by atoms with Crippen LogP contribution in [0, 0.1) is 5.82 Å². The molecule has 0 unspecified atom stereocenters. The van der Waals surface area contributed by atoms with Gasteiger partial charge in [-0.1, -0.05) is 11.6 Å². The highest BCUT2D eigenvalue weighted by Gasteiger charge is 2.19. The number of benzene rings is 1. The SMILES string of the molecule is CN1CCN(CCOc2nonc2C(=Nc2ccc(F)c(Cl)c2)NO)CC1. The third-order valence-electron chi connectivity index (χ3n) is 4.17. The Hall–Kier alpha value is -2.27. The minimum atomic E-state index is -0.565. The van der Waals surface area contributed by atoms with Crippen molar-refractivity contribution in [1.82, 2.24) is 25.6 Å². The smallest absolute Gasteiger partial charge is 0.287 e. The fourth-order valence-electron chi connectivity index (χ4n) is 2.58. The highest BCUT2D eigenvalue weighted by Crippen LogP contribution is 2.23. The number of hydroxylamine groups is 1. The fraction of sp³-hybridized carbons (Fsp3) is 0.438. The van der Waals surface area contributed by atoms with E-state index in [-0.39, 0.29) is 22.4 Å². The second kappa shape index (κ2) is 9.09. The maximum absolute atomic E-state index is 13.3. The van der Waals surface area contributed by atoms with E-state index < -0.39 is 5.82 Å². The maximum atomic E-state index is 13.3. The molecular formula is C16H20ClFN6O3. The van der Waals surface area contributed by atoms with Gasteiger partial charge in [-0.25, -0.2) is 14.0 Å². The van der Waals surface area contributed by atoms with Crippen molar-refractivity contribution >= 4 is 23.1 Å². The second-order valence-electron chi connectivity index (χ2n) is 6.08. The summed E-state index contributed by atoms with van der Waals surface area (Å²) in [6.07, 6.45) is 0. The third-order valence-corrected chi connectivity index (χ3v) is 4.46. The molecule has 11 heteroatoms. The van der Waals surface area contributed by atoms with Gasteiger partial charge in [0.2, 0.25) is 5.69 Å². The number of ether oxygens (including phenoxy) is 1. The Labute approximate surface area is 160 Å². The molecule has 1 aliphatic rings. The first-order chi connectivity index (χ1) is 13.1. The van der Waals surface area contributed by atoms with E-state index >= 15 is 0 Å². The van der Waals surface area contributed by atoms with Crippen LogP contribution in [0.25, 0.3) is 0 Å². The molecular weight excluding hydrogens is 379 g/mol. The molecule has 1 saturated heterocycles. The minimum absolute atomic E-state index is 0.0616. The van der Waals surface area contributed by atoms with Crippen molar-refractivity contribution in [3.63, 3.8) is 0 Å². The van der Waals surface area contributed by atoms with Crippen molar-refractivity contribution in [1.29, 1.82) is 0 Å². The molecule has 0 radical (unpaired) electrons. The van der Waals surface area contributed by atoms with Crippen LogP contribution in [0.4, 0.5) is 10.1 Å². The number of nitrogens with zero attached hydrogens (tertiary/aromatic N) is 5. The molecule has 0 spiro atoms. The zero-order valence-electron chi connectivity index (χ0n) is 14.7. The Bertz CT molecular complexity index is 794. The number of aromatic nitrogens is 2. The number of likely N-dealkylation sites (N-methyl/N-ethyl adjacent to an activating group) is 1.